The summed E-state index contributed by atoms with van der Waals surface area (Å²) in [6.45, 7) is 4.87. The molecule has 0 N–H and O–H groups in total. The monoisotopic (exact) mass is 695 g/mol. The van der Waals surface area contributed by atoms with Gasteiger partial charge in [-0.15, -0.1) is 0 Å². The smallest absolute Gasteiger partial charge is 0.0543 e. The molecule has 3 atom stereocenters. The Bertz CT molecular complexity index is 2090. The fraction of sp³-hybridized carbons (Fsp3) is 0.423. The third kappa shape index (κ3) is 5.89. The number of hydrogen-bond acceptors (Lipinski definition) is 1. The maximum absolute atomic E-state index is 2.68. The summed E-state index contributed by atoms with van der Waals surface area (Å²) in [5, 5.41) is 0. The highest BCUT2D eigenvalue weighted by atomic mass is 15.1. The lowest BCUT2D eigenvalue weighted by Crippen LogP contribution is -2.19. The minimum atomic E-state index is -0.0791. The van der Waals surface area contributed by atoms with Gasteiger partial charge in [0.1, 0.15) is 0 Å². The van der Waals surface area contributed by atoms with E-state index in [2.05, 4.69) is 128 Å². The Balaban J connectivity index is 1.17. The molecular weight excluding hydrogens is 639 g/mol. The first-order valence-electron chi connectivity index (χ1n) is 21.4. The summed E-state index contributed by atoms with van der Waals surface area (Å²) in [7, 11) is 0. The van der Waals surface area contributed by atoms with Gasteiger partial charge in [0.15, 0.2) is 0 Å². The van der Waals surface area contributed by atoms with Gasteiger partial charge in [0.2, 0.25) is 0 Å². The number of hydrogen-bond donors (Lipinski definition) is 0. The van der Waals surface area contributed by atoms with Crippen LogP contribution in [0.5, 0.6) is 0 Å². The normalized spacial score (nSPS) is 23.5. The molecule has 10 rings (SSSR count). The van der Waals surface area contributed by atoms with E-state index in [0.29, 0.717) is 11.8 Å². The predicted molar refractivity (Wildman–Crippen MR) is 224 cm³/mol. The predicted octanol–water partition coefficient (Wildman–Crippen LogP) is 15.1. The molecule has 0 amide bonds. The molecule has 3 unspecified atom stereocenters. The second kappa shape index (κ2) is 13.6. The van der Waals surface area contributed by atoms with Crippen LogP contribution in [0.25, 0.3) is 22.3 Å². The maximum atomic E-state index is 2.68. The number of rotatable bonds is 7. The zero-order valence-corrected chi connectivity index (χ0v) is 32.1. The molecule has 0 saturated heterocycles. The van der Waals surface area contributed by atoms with Gasteiger partial charge in [0.05, 0.1) is 5.69 Å². The number of para-hydroxylation sites is 1. The summed E-state index contributed by atoms with van der Waals surface area (Å²) in [6.07, 6.45) is 19.1. The van der Waals surface area contributed by atoms with Crippen LogP contribution in [-0.4, -0.2) is 0 Å². The van der Waals surface area contributed by atoms with Crippen LogP contribution in [0.3, 0.4) is 0 Å². The van der Waals surface area contributed by atoms with E-state index in [4.69, 9.17) is 0 Å². The van der Waals surface area contributed by atoms with Crippen LogP contribution in [-0.2, 0) is 5.41 Å². The summed E-state index contributed by atoms with van der Waals surface area (Å²) in [5.41, 5.74) is 16.8. The summed E-state index contributed by atoms with van der Waals surface area (Å²) in [4.78, 5) is 2.68. The minimum absolute atomic E-state index is 0.0791. The molecule has 53 heavy (non-hydrogen) atoms. The van der Waals surface area contributed by atoms with Crippen molar-refractivity contribution in [2.75, 3.05) is 4.90 Å². The first kappa shape index (κ1) is 33.5. The van der Waals surface area contributed by atoms with Crippen molar-refractivity contribution in [3.8, 4) is 22.3 Å². The number of nitrogens with zero attached hydrogens (tertiary/aromatic N) is 1. The van der Waals surface area contributed by atoms with Gasteiger partial charge in [-0.25, -0.2) is 0 Å². The first-order valence-corrected chi connectivity index (χ1v) is 21.4. The van der Waals surface area contributed by atoms with Crippen molar-refractivity contribution in [2.24, 2.45) is 11.8 Å². The average molecular weight is 696 g/mol. The topological polar surface area (TPSA) is 3.24 Å². The highest BCUT2D eigenvalue weighted by Crippen LogP contribution is 2.56. The van der Waals surface area contributed by atoms with Crippen LogP contribution < -0.4 is 4.90 Å². The Morgan fingerprint density at radius 1 is 0.509 bits per heavy atom. The Hall–Kier alpha value is -4.10. The Morgan fingerprint density at radius 2 is 1.19 bits per heavy atom. The van der Waals surface area contributed by atoms with Gasteiger partial charge in [-0.3, -0.25) is 0 Å². The van der Waals surface area contributed by atoms with Crippen LogP contribution in [0.15, 0.2) is 109 Å². The first-order chi connectivity index (χ1) is 26.0. The Kier molecular flexibility index (Phi) is 8.61. The highest BCUT2D eigenvalue weighted by Gasteiger charge is 2.40. The molecule has 0 spiro atoms. The molecule has 1 nitrogen and oxygen atoms in total. The maximum Gasteiger partial charge on any atom is 0.0543 e. The van der Waals surface area contributed by atoms with E-state index in [0.717, 1.165) is 17.8 Å². The minimum Gasteiger partial charge on any atom is -0.310 e. The summed E-state index contributed by atoms with van der Waals surface area (Å²) >= 11 is 0. The second-order valence-corrected chi connectivity index (χ2v) is 18.1. The summed E-state index contributed by atoms with van der Waals surface area (Å²) in [6, 6.07) is 43.5. The zero-order chi connectivity index (χ0) is 35.5. The number of benzene rings is 5. The lowest BCUT2D eigenvalue weighted by Gasteiger charge is -2.34. The van der Waals surface area contributed by atoms with Gasteiger partial charge in [0.25, 0.3) is 0 Å². The fourth-order valence-corrected chi connectivity index (χ4v) is 11.9. The van der Waals surface area contributed by atoms with Gasteiger partial charge in [-0.2, -0.15) is 0 Å². The molecule has 1 heteroatoms. The van der Waals surface area contributed by atoms with Crippen molar-refractivity contribution >= 4 is 17.1 Å². The van der Waals surface area contributed by atoms with E-state index in [9.17, 15) is 0 Å². The molecule has 0 aliphatic heterocycles. The van der Waals surface area contributed by atoms with Gasteiger partial charge >= 0.3 is 0 Å². The van der Waals surface area contributed by atoms with Crippen LogP contribution in [0.2, 0.25) is 0 Å². The third-order valence-electron chi connectivity index (χ3n) is 14.8. The molecule has 2 bridgehead atoms. The molecular formula is C52H57N. The molecule has 0 aromatic heterocycles. The van der Waals surface area contributed by atoms with Crippen LogP contribution in [0.1, 0.15) is 149 Å². The Labute approximate surface area is 318 Å². The summed E-state index contributed by atoms with van der Waals surface area (Å²) in [5.74, 6) is 3.89. The van der Waals surface area contributed by atoms with Crippen LogP contribution in [0, 0.1) is 11.8 Å². The second-order valence-electron chi connectivity index (χ2n) is 18.1. The fourth-order valence-electron chi connectivity index (χ4n) is 11.9. The largest absolute Gasteiger partial charge is 0.310 e. The van der Waals surface area contributed by atoms with Gasteiger partial charge in [0, 0.05) is 22.4 Å². The van der Waals surface area contributed by atoms with Gasteiger partial charge < -0.3 is 4.90 Å². The SMILES string of the molecule is CC1(C)c2ccccc2-c2cc(-c3ccc(C4CCCCC4)cc3)c(N(c3ccc(C4CC5CCC4C5)cc3)c3ccccc3C3CCCCC3)cc21. The molecule has 5 aliphatic rings. The molecule has 0 radical (unpaired) electrons. The van der Waals surface area contributed by atoms with Crippen molar-refractivity contribution in [3.63, 3.8) is 0 Å². The lowest BCUT2D eigenvalue weighted by atomic mass is 9.81. The molecule has 5 aromatic rings. The Morgan fingerprint density at radius 3 is 1.91 bits per heavy atom. The van der Waals surface area contributed by atoms with Crippen LogP contribution >= 0.6 is 0 Å². The van der Waals surface area contributed by atoms with E-state index in [-0.39, 0.29) is 5.41 Å². The van der Waals surface area contributed by atoms with Gasteiger partial charge in [-0.05, 0) is 149 Å². The lowest BCUT2D eigenvalue weighted by molar-refractivity contribution is 0.420. The van der Waals surface area contributed by atoms with E-state index < -0.39 is 0 Å². The van der Waals surface area contributed by atoms with Gasteiger partial charge in [-0.1, -0.05) is 138 Å². The van der Waals surface area contributed by atoms with Crippen LogP contribution in [0.4, 0.5) is 17.1 Å². The van der Waals surface area contributed by atoms with E-state index in [1.54, 1.807) is 5.56 Å². The number of fused-ring (bicyclic) bond motifs is 5. The molecule has 4 saturated carbocycles. The van der Waals surface area contributed by atoms with Crippen molar-refractivity contribution in [3.05, 3.63) is 137 Å². The van der Waals surface area contributed by atoms with Crippen molar-refractivity contribution in [2.45, 2.75) is 127 Å². The standard InChI is InChI=1S/C52H57N/c1-52(2)48-19-11-9-18-44(48)47-33-46(40-25-23-37(24-26-40)36-13-5-3-6-14-36)51(34-49(47)52)53(50-20-12-10-17-43(50)38-15-7-4-8-16-38)42-29-27-39(28-30-42)45-32-35-21-22-41(45)31-35/h9-12,17-20,23-30,33-36,38,41,45H,3-8,13-16,21-22,31-32H2,1-2H3. The van der Waals surface area contributed by atoms with E-state index in [1.807, 2.05) is 0 Å². The van der Waals surface area contributed by atoms with E-state index >= 15 is 0 Å². The molecule has 5 aromatic carbocycles. The third-order valence-corrected chi connectivity index (χ3v) is 14.8. The molecule has 0 heterocycles. The summed E-state index contributed by atoms with van der Waals surface area (Å²) < 4.78 is 0. The number of anilines is 3. The van der Waals surface area contributed by atoms with Crippen molar-refractivity contribution < 1.29 is 0 Å². The highest BCUT2D eigenvalue weighted by molar-refractivity contribution is 5.95. The molecule has 270 valence electrons. The zero-order valence-electron chi connectivity index (χ0n) is 32.1. The average Bonchev–Trinajstić information content (AvgIpc) is 3.92. The quantitative estimate of drug-likeness (QED) is 0.164. The molecule has 4 fully saturated rings. The molecule has 5 aliphatic carbocycles. The van der Waals surface area contributed by atoms with E-state index in [1.165, 1.54) is 151 Å². The van der Waals surface area contributed by atoms with Crippen molar-refractivity contribution in [1.82, 2.24) is 0 Å². The van der Waals surface area contributed by atoms with Crippen molar-refractivity contribution in [1.29, 1.82) is 0 Å².